The minimum Gasteiger partial charge on any atom is -0.494 e. The molecule has 0 atom stereocenters. The smallest absolute Gasteiger partial charge is 0.120 e. The Kier molecular flexibility index (Phi) is 8.62. The summed E-state index contributed by atoms with van der Waals surface area (Å²) in [6.07, 6.45) is 2.29. The minimum atomic E-state index is 0.793. The van der Waals surface area contributed by atoms with Crippen molar-refractivity contribution in [2.45, 2.75) is 44.3 Å². The maximum absolute atomic E-state index is 5.92. The molecule has 0 saturated carbocycles. The summed E-state index contributed by atoms with van der Waals surface area (Å²) in [5.41, 5.74) is 4.07. The van der Waals surface area contributed by atoms with Gasteiger partial charge in [0.25, 0.3) is 0 Å². The van der Waals surface area contributed by atoms with Gasteiger partial charge in [0, 0.05) is 10.6 Å². The predicted molar refractivity (Wildman–Crippen MR) is 110 cm³/mol. The number of thioether (sulfide) groups is 2. The van der Waals surface area contributed by atoms with Crippen LogP contribution in [0.4, 0.5) is 0 Å². The van der Waals surface area contributed by atoms with Gasteiger partial charge in [-0.3, -0.25) is 0 Å². The summed E-state index contributed by atoms with van der Waals surface area (Å²) in [6.45, 7) is 7.31. The molecule has 0 aliphatic carbocycles. The summed E-state index contributed by atoms with van der Waals surface area (Å²) < 4.78 is 5.92. The first kappa shape index (κ1) is 19.3. The molecule has 24 heavy (non-hydrogen) atoms. The number of hydrogen-bond acceptors (Lipinski definition) is 3. The molecule has 1 nitrogen and oxygen atoms in total. The van der Waals surface area contributed by atoms with Crippen LogP contribution in [0.15, 0.2) is 47.4 Å². The highest BCUT2D eigenvalue weighted by molar-refractivity contribution is 7.99. The molecule has 0 unspecified atom stereocenters. The third kappa shape index (κ3) is 6.82. The summed E-state index contributed by atoms with van der Waals surface area (Å²) in [4.78, 5) is 1.35. The third-order valence-electron chi connectivity index (χ3n) is 3.71. The number of benzene rings is 2. The minimum absolute atomic E-state index is 0.793. The zero-order chi connectivity index (χ0) is 17.2. The van der Waals surface area contributed by atoms with E-state index in [1.165, 1.54) is 33.8 Å². The van der Waals surface area contributed by atoms with Crippen LogP contribution in [-0.4, -0.2) is 18.1 Å². The van der Waals surface area contributed by atoms with Crippen molar-refractivity contribution in [3.05, 3.63) is 59.2 Å². The highest BCUT2D eigenvalue weighted by atomic mass is 32.2. The maximum atomic E-state index is 5.92. The van der Waals surface area contributed by atoms with Gasteiger partial charge in [-0.15, -0.1) is 11.8 Å². The van der Waals surface area contributed by atoms with Crippen LogP contribution in [0.2, 0.25) is 0 Å². The molecular formula is C21H28OS2. The Morgan fingerprint density at radius 1 is 0.958 bits per heavy atom. The molecule has 0 aliphatic heterocycles. The van der Waals surface area contributed by atoms with E-state index in [-0.39, 0.29) is 0 Å². The predicted octanol–water partition coefficient (Wildman–Crippen LogP) is 6.51. The average Bonchev–Trinajstić information content (AvgIpc) is 2.59. The summed E-state index contributed by atoms with van der Waals surface area (Å²) in [5.74, 6) is 4.39. The van der Waals surface area contributed by atoms with Gasteiger partial charge in [-0.2, -0.15) is 11.8 Å². The molecule has 0 fully saturated rings. The summed E-state index contributed by atoms with van der Waals surface area (Å²) in [5, 5.41) is 0. The van der Waals surface area contributed by atoms with Gasteiger partial charge in [0.1, 0.15) is 5.75 Å². The standard InChI is InChI=1S/C21H28OS2/c1-4-13-24-21-15-20(11-8-18(21)3)22-12-5-14-23-16-19-9-6-17(2)7-10-19/h6-11,15H,4-5,12-14,16H2,1-3H3. The van der Waals surface area contributed by atoms with Gasteiger partial charge in [0.2, 0.25) is 0 Å². The van der Waals surface area contributed by atoms with Gasteiger partial charge in [-0.1, -0.05) is 42.8 Å². The molecule has 0 spiro atoms. The normalized spacial score (nSPS) is 10.8. The number of hydrogen-bond donors (Lipinski definition) is 0. The molecule has 0 saturated heterocycles. The van der Waals surface area contributed by atoms with Crippen molar-refractivity contribution >= 4 is 23.5 Å². The number of ether oxygens (including phenoxy) is 1. The molecule has 2 aromatic carbocycles. The molecule has 2 aromatic rings. The Morgan fingerprint density at radius 3 is 2.50 bits per heavy atom. The Bertz CT molecular complexity index is 608. The van der Waals surface area contributed by atoms with Crippen LogP contribution in [0.5, 0.6) is 5.75 Å². The van der Waals surface area contributed by atoms with Gasteiger partial charge in [-0.05, 0) is 61.5 Å². The van der Waals surface area contributed by atoms with Crippen molar-refractivity contribution in [1.29, 1.82) is 0 Å². The molecule has 0 N–H and O–H groups in total. The molecular weight excluding hydrogens is 332 g/mol. The van der Waals surface area contributed by atoms with E-state index < -0.39 is 0 Å². The zero-order valence-corrected chi connectivity index (χ0v) is 16.6. The van der Waals surface area contributed by atoms with Gasteiger partial charge in [0.05, 0.1) is 6.61 Å². The average molecular weight is 361 g/mol. The van der Waals surface area contributed by atoms with Crippen LogP contribution in [0, 0.1) is 13.8 Å². The molecule has 0 bridgehead atoms. The lowest BCUT2D eigenvalue weighted by molar-refractivity contribution is 0.318. The number of rotatable bonds is 10. The molecule has 3 heteroatoms. The van der Waals surface area contributed by atoms with Crippen molar-refractivity contribution in [3.8, 4) is 5.75 Å². The summed E-state index contributed by atoms with van der Waals surface area (Å²) in [6, 6.07) is 15.3. The van der Waals surface area contributed by atoms with Crippen LogP contribution >= 0.6 is 23.5 Å². The molecule has 0 amide bonds. The molecule has 130 valence electrons. The first-order valence-electron chi connectivity index (χ1n) is 8.68. The highest BCUT2D eigenvalue weighted by Crippen LogP contribution is 2.27. The molecule has 2 rings (SSSR count). The second-order valence-electron chi connectivity index (χ2n) is 6.02. The van der Waals surface area contributed by atoms with Crippen molar-refractivity contribution in [3.63, 3.8) is 0 Å². The van der Waals surface area contributed by atoms with E-state index in [0.29, 0.717) is 0 Å². The van der Waals surface area contributed by atoms with Crippen LogP contribution < -0.4 is 4.74 Å². The lowest BCUT2D eigenvalue weighted by Crippen LogP contribution is -1.99. The first-order valence-corrected chi connectivity index (χ1v) is 10.8. The maximum Gasteiger partial charge on any atom is 0.120 e. The Labute approximate surface area is 155 Å². The van der Waals surface area contributed by atoms with Crippen LogP contribution in [-0.2, 0) is 5.75 Å². The van der Waals surface area contributed by atoms with E-state index >= 15 is 0 Å². The van der Waals surface area contributed by atoms with E-state index in [2.05, 4.69) is 63.2 Å². The van der Waals surface area contributed by atoms with Gasteiger partial charge >= 0.3 is 0 Å². The fourth-order valence-electron chi connectivity index (χ4n) is 2.26. The van der Waals surface area contributed by atoms with E-state index in [0.717, 1.165) is 30.3 Å². The Hall–Kier alpha value is -1.06. The third-order valence-corrected chi connectivity index (χ3v) is 6.19. The van der Waals surface area contributed by atoms with Crippen molar-refractivity contribution in [1.82, 2.24) is 0 Å². The van der Waals surface area contributed by atoms with E-state index in [1.54, 1.807) is 0 Å². The fraction of sp³-hybridized carbons (Fsp3) is 0.429. The van der Waals surface area contributed by atoms with Gasteiger partial charge in [-0.25, -0.2) is 0 Å². The van der Waals surface area contributed by atoms with E-state index in [9.17, 15) is 0 Å². The second kappa shape index (κ2) is 10.7. The molecule has 0 aromatic heterocycles. The SMILES string of the molecule is CCCSc1cc(OCCCSCc2ccc(C)cc2)ccc1C. The Balaban J connectivity index is 1.66. The summed E-state index contributed by atoms with van der Waals surface area (Å²) in [7, 11) is 0. The van der Waals surface area contributed by atoms with Crippen LogP contribution in [0.3, 0.4) is 0 Å². The lowest BCUT2D eigenvalue weighted by atomic mass is 10.2. The molecule has 0 heterocycles. The van der Waals surface area contributed by atoms with Crippen molar-refractivity contribution in [2.24, 2.45) is 0 Å². The largest absolute Gasteiger partial charge is 0.494 e. The van der Waals surface area contributed by atoms with E-state index in [4.69, 9.17) is 4.74 Å². The topological polar surface area (TPSA) is 9.23 Å². The lowest BCUT2D eigenvalue weighted by Gasteiger charge is -2.10. The fourth-order valence-corrected chi connectivity index (χ4v) is 4.08. The zero-order valence-electron chi connectivity index (χ0n) is 15.0. The van der Waals surface area contributed by atoms with Crippen LogP contribution in [0.25, 0.3) is 0 Å². The first-order chi connectivity index (χ1) is 11.7. The van der Waals surface area contributed by atoms with Crippen molar-refractivity contribution in [2.75, 3.05) is 18.1 Å². The molecule has 0 aliphatic rings. The van der Waals surface area contributed by atoms with Crippen LogP contribution in [0.1, 0.15) is 36.5 Å². The van der Waals surface area contributed by atoms with Gasteiger partial charge in [0.15, 0.2) is 0 Å². The highest BCUT2D eigenvalue weighted by Gasteiger charge is 2.02. The summed E-state index contributed by atoms with van der Waals surface area (Å²) >= 11 is 3.90. The molecule has 0 radical (unpaired) electrons. The Morgan fingerprint density at radius 2 is 1.75 bits per heavy atom. The van der Waals surface area contributed by atoms with E-state index in [1.807, 2.05) is 23.5 Å². The van der Waals surface area contributed by atoms with Crippen molar-refractivity contribution < 1.29 is 4.74 Å². The number of aryl methyl sites for hydroxylation is 2. The monoisotopic (exact) mass is 360 g/mol. The van der Waals surface area contributed by atoms with Gasteiger partial charge < -0.3 is 4.74 Å². The quantitative estimate of drug-likeness (QED) is 0.353. The second-order valence-corrected chi connectivity index (χ2v) is 8.26.